The molecule has 3 atom stereocenters. The third-order valence-corrected chi connectivity index (χ3v) is 11.2. The van der Waals surface area contributed by atoms with Crippen LogP contribution in [0.15, 0.2) is 0 Å². The molecule has 0 fully saturated rings. The maximum absolute atomic E-state index is 12.4. The second-order valence-electron chi connectivity index (χ2n) is 16.3. The van der Waals surface area contributed by atoms with Crippen LogP contribution in [0.4, 0.5) is 0 Å². The number of nitrogens with one attached hydrogen (secondary N) is 1. The van der Waals surface area contributed by atoms with Gasteiger partial charge in [-0.25, -0.2) is 0 Å². The zero-order chi connectivity index (χ0) is 37.3. The highest BCUT2D eigenvalue weighted by molar-refractivity contribution is 5.76. The molecule has 0 aliphatic heterocycles. The number of carbonyl (C=O) groups excluding carboxylic acids is 1. The molecule has 0 aromatic rings. The predicted octanol–water partition coefficient (Wildman–Crippen LogP) is 13.4. The fraction of sp³-hybridized carbons (Fsp3) is 0.978. The number of carbonyl (C=O) groups is 1. The van der Waals surface area contributed by atoms with Crippen molar-refractivity contribution in [1.82, 2.24) is 5.32 Å². The summed E-state index contributed by atoms with van der Waals surface area (Å²) in [5.41, 5.74) is 0. The van der Waals surface area contributed by atoms with Crippen molar-refractivity contribution in [3.63, 3.8) is 0 Å². The largest absolute Gasteiger partial charge is 0.394 e. The Kier molecular flexibility index (Phi) is 41.6. The van der Waals surface area contributed by atoms with E-state index in [2.05, 4.69) is 19.2 Å². The van der Waals surface area contributed by atoms with Gasteiger partial charge in [-0.05, 0) is 12.8 Å². The lowest BCUT2D eigenvalue weighted by Gasteiger charge is -2.26. The Balaban J connectivity index is 3.55. The van der Waals surface area contributed by atoms with Gasteiger partial charge >= 0.3 is 0 Å². The molecule has 0 bridgehead atoms. The van der Waals surface area contributed by atoms with Crippen molar-refractivity contribution in [3.8, 4) is 0 Å². The van der Waals surface area contributed by atoms with Crippen LogP contribution in [0.2, 0.25) is 0 Å². The number of unbranched alkanes of at least 4 members (excludes halogenated alkanes) is 35. The van der Waals surface area contributed by atoms with E-state index in [1.807, 2.05) is 0 Å². The minimum absolute atomic E-state index is 0.138. The first-order valence-electron chi connectivity index (χ1n) is 23.3. The van der Waals surface area contributed by atoms with Crippen LogP contribution in [0.5, 0.6) is 0 Å². The van der Waals surface area contributed by atoms with Crippen molar-refractivity contribution in [2.45, 2.75) is 283 Å². The second kappa shape index (κ2) is 42.1. The van der Waals surface area contributed by atoms with Crippen LogP contribution in [0.25, 0.3) is 0 Å². The molecule has 0 aromatic carbocycles. The maximum atomic E-state index is 12.4. The van der Waals surface area contributed by atoms with Gasteiger partial charge in [0.15, 0.2) is 0 Å². The van der Waals surface area contributed by atoms with Crippen LogP contribution in [-0.2, 0) is 4.79 Å². The van der Waals surface area contributed by atoms with Gasteiger partial charge in [0, 0.05) is 6.42 Å². The Bertz CT molecular complexity index is 674. The van der Waals surface area contributed by atoms with E-state index in [1.54, 1.807) is 0 Å². The molecule has 0 aromatic heterocycles. The highest BCUT2D eigenvalue weighted by Gasteiger charge is 2.26. The number of hydrogen-bond donors (Lipinski definition) is 4. The molecule has 1 amide bonds. The topological polar surface area (TPSA) is 89.8 Å². The highest BCUT2D eigenvalue weighted by atomic mass is 16.3. The van der Waals surface area contributed by atoms with E-state index in [-0.39, 0.29) is 12.5 Å². The van der Waals surface area contributed by atoms with Gasteiger partial charge in [0.25, 0.3) is 0 Å². The molecule has 0 aliphatic carbocycles. The van der Waals surface area contributed by atoms with E-state index in [0.717, 1.165) is 32.1 Å². The fourth-order valence-electron chi connectivity index (χ4n) is 7.58. The third-order valence-electron chi connectivity index (χ3n) is 11.2. The molecular formula is C46H93NO4. The lowest BCUT2D eigenvalue weighted by atomic mass is 9.99. The van der Waals surface area contributed by atoms with Crippen LogP contribution in [0, 0.1) is 0 Å². The average Bonchev–Trinajstić information content (AvgIpc) is 3.13. The quantitative estimate of drug-likeness (QED) is 0.0472. The minimum atomic E-state index is -1.13. The normalized spacial score (nSPS) is 13.4. The molecule has 0 rings (SSSR count). The van der Waals surface area contributed by atoms with Crippen molar-refractivity contribution in [1.29, 1.82) is 0 Å². The number of hydrogen-bond acceptors (Lipinski definition) is 4. The SMILES string of the molecule is CCCCCCCCCCCCCCCCCCCCCCCC(=O)NC(CO)C(O)C(O)CCCCCCCCCCCCCCCCCC. The summed E-state index contributed by atoms with van der Waals surface area (Å²) in [6, 6.07) is -0.802. The first kappa shape index (κ1) is 50.4. The van der Waals surface area contributed by atoms with Gasteiger partial charge in [0.1, 0.15) is 6.10 Å². The molecule has 0 heterocycles. The van der Waals surface area contributed by atoms with Crippen LogP contribution >= 0.6 is 0 Å². The van der Waals surface area contributed by atoms with Crippen molar-refractivity contribution in [2.24, 2.45) is 0 Å². The molecule has 0 saturated heterocycles. The Morgan fingerprint density at radius 3 is 0.941 bits per heavy atom. The molecule has 3 unspecified atom stereocenters. The molecule has 51 heavy (non-hydrogen) atoms. The number of amides is 1. The van der Waals surface area contributed by atoms with Crippen molar-refractivity contribution in [2.75, 3.05) is 6.61 Å². The van der Waals surface area contributed by atoms with Crippen molar-refractivity contribution >= 4 is 5.91 Å². The summed E-state index contributed by atoms with van der Waals surface area (Å²) in [4.78, 5) is 12.4. The molecule has 5 nitrogen and oxygen atoms in total. The molecule has 4 N–H and O–H groups in total. The summed E-state index contributed by atoms with van der Waals surface area (Å²) < 4.78 is 0. The van der Waals surface area contributed by atoms with E-state index in [1.165, 1.54) is 205 Å². The highest BCUT2D eigenvalue weighted by Crippen LogP contribution is 2.17. The zero-order valence-electron chi connectivity index (χ0n) is 34.8. The van der Waals surface area contributed by atoms with E-state index in [9.17, 15) is 20.1 Å². The minimum Gasteiger partial charge on any atom is -0.394 e. The van der Waals surface area contributed by atoms with Gasteiger partial charge in [-0.3, -0.25) is 4.79 Å². The Hall–Kier alpha value is -0.650. The van der Waals surface area contributed by atoms with E-state index >= 15 is 0 Å². The van der Waals surface area contributed by atoms with Crippen LogP contribution in [-0.4, -0.2) is 46.1 Å². The first-order chi connectivity index (χ1) is 25.1. The summed E-state index contributed by atoms with van der Waals surface area (Å²) >= 11 is 0. The molecule has 5 heteroatoms. The third kappa shape index (κ3) is 37.5. The maximum Gasteiger partial charge on any atom is 0.220 e. The smallest absolute Gasteiger partial charge is 0.220 e. The number of aliphatic hydroxyl groups excluding tert-OH is 3. The van der Waals surface area contributed by atoms with E-state index in [4.69, 9.17) is 0 Å². The average molecular weight is 724 g/mol. The monoisotopic (exact) mass is 724 g/mol. The van der Waals surface area contributed by atoms with Gasteiger partial charge in [-0.2, -0.15) is 0 Å². The Morgan fingerprint density at radius 1 is 0.412 bits per heavy atom. The van der Waals surface area contributed by atoms with Gasteiger partial charge < -0.3 is 20.6 Å². The summed E-state index contributed by atoms with van der Waals surface area (Å²) in [6.45, 7) is 4.21. The van der Waals surface area contributed by atoms with Crippen molar-refractivity contribution in [3.05, 3.63) is 0 Å². The molecule has 0 radical (unpaired) electrons. The fourth-order valence-corrected chi connectivity index (χ4v) is 7.58. The van der Waals surface area contributed by atoms with Gasteiger partial charge in [-0.1, -0.05) is 245 Å². The van der Waals surface area contributed by atoms with Crippen LogP contribution < -0.4 is 5.32 Å². The Morgan fingerprint density at radius 2 is 0.667 bits per heavy atom. The van der Waals surface area contributed by atoms with E-state index < -0.39 is 18.2 Å². The van der Waals surface area contributed by atoms with Gasteiger partial charge in [0.2, 0.25) is 5.91 Å². The lowest BCUT2D eigenvalue weighted by molar-refractivity contribution is -0.124. The zero-order valence-corrected chi connectivity index (χ0v) is 34.8. The summed E-state index contributed by atoms with van der Waals surface area (Å²) in [6.07, 6.45) is 47.9. The molecule has 0 aliphatic rings. The molecule has 306 valence electrons. The standard InChI is InChI=1S/C46H93NO4/c1-3-5-7-9-11-13-15-17-19-21-22-23-24-25-27-29-31-33-35-37-39-41-45(50)47-43(42-48)46(51)44(49)40-38-36-34-32-30-28-26-20-18-16-14-12-10-8-6-4-2/h43-44,46,48-49,51H,3-42H2,1-2H3,(H,47,50). The summed E-state index contributed by atoms with van der Waals surface area (Å²) in [7, 11) is 0. The number of aliphatic hydroxyl groups is 3. The number of rotatable bonds is 43. The van der Waals surface area contributed by atoms with Gasteiger partial charge in [0.05, 0.1) is 18.8 Å². The lowest BCUT2D eigenvalue weighted by Crippen LogP contribution is -2.50. The summed E-state index contributed by atoms with van der Waals surface area (Å²) in [5, 5.41) is 33.6. The predicted molar refractivity (Wildman–Crippen MR) is 222 cm³/mol. The molecule has 0 spiro atoms. The summed E-state index contributed by atoms with van der Waals surface area (Å²) in [5.74, 6) is -0.138. The van der Waals surface area contributed by atoms with E-state index in [0.29, 0.717) is 12.8 Å². The molecular weight excluding hydrogens is 631 g/mol. The van der Waals surface area contributed by atoms with Gasteiger partial charge in [-0.15, -0.1) is 0 Å². The Labute approximate surface area is 319 Å². The second-order valence-corrected chi connectivity index (χ2v) is 16.3. The van der Waals surface area contributed by atoms with Crippen LogP contribution in [0.1, 0.15) is 264 Å². The first-order valence-corrected chi connectivity index (χ1v) is 23.3. The van der Waals surface area contributed by atoms with Crippen molar-refractivity contribution < 1.29 is 20.1 Å². The molecule has 0 saturated carbocycles. The van der Waals surface area contributed by atoms with Crippen LogP contribution in [0.3, 0.4) is 0 Å².